The molecule has 0 saturated carbocycles. The van der Waals surface area contributed by atoms with Gasteiger partial charge in [0, 0.05) is 49.4 Å². The summed E-state index contributed by atoms with van der Waals surface area (Å²) in [6.07, 6.45) is 4.47. The third-order valence-electron chi connectivity index (χ3n) is 4.71. The maximum absolute atomic E-state index is 4.92. The summed E-state index contributed by atoms with van der Waals surface area (Å²) in [5.41, 5.74) is 1.23. The fourth-order valence-electron chi connectivity index (χ4n) is 3.47. The van der Waals surface area contributed by atoms with E-state index >= 15 is 0 Å². The SMILES string of the molecule is CCNC(=NCc1ccnc(N2CCCC2)c1)N1CCSC(C)(C)C1. The molecule has 0 radical (unpaired) electrons. The molecule has 138 valence electrons. The first-order valence-electron chi connectivity index (χ1n) is 9.44. The molecule has 3 rings (SSSR count). The van der Waals surface area contributed by atoms with Gasteiger partial charge in [-0.05, 0) is 51.3 Å². The molecule has 0 unspecified atom stereocenters. The molecule has 3 heterocycles. The quantitative estimate of drug-likeness (QED) is 0.660. The van der Waals surface area contributed by atoms with Crippen molar-refractivity contribution in [3.63, 3.8) is 0 Å². The van der Waals surface area contributed by atoms with Crippen LogP contribution in [0.3, 0.4) is 0 Å². The summed E-state index contributed by atoms with van der Waals surface area (Å²) in [5.74, 6) is 3.30. The highest BCUT2D eigenvalue weighted by Crippen LogP contribution is 2.29. The van der Waals surface area contributed by atoms with Crippen LogP contribution in [0.2, 0.25) is 0 Å². The minimum absolute atomic E-state index is 0.286. The number of rotatable bonds is 4. The van der Waals surface area contributed by atoms with E-state index in [1.165, 1.54) is 18.4 Å². The van der Waals surface area contributed by atoms with Gasteiger partial charge in [0.2, 0.25) is 0 Å². The van der Waals surface area contributed by atoms with Crippen LogP contribution >= 0.6 is 11.8 Å². The molecule has 0 atom stereocenters. The fraction of sp³-hybridized carbons (Fsp3) is 0.684. The Morgan fingerprint density at radius 2 is 2.12 bits per heavy atom. The lowest BCUT2D eigenvalue weighted by Crippen LogP contribution is -2.50. The van der Waals surface area contributed by atoms with Crippen molar-refractivity contribution in [1.29, 1.82) is 0 Å². The molecule has 0 bridgehead atoms. The van der Waals surface area contributed by atoms with Crippen LogP contribution in [0.25, 0.3) is 0 Å². The molecule has 25 heavy (non-hydrogen) atoms. The van der Waals surface area contributed by atoms with E-state index in [0.29, 0.717) is 6.54 Å². The molecule has 1 N–H and O–H groups in total. The summed E-state index contributed by atoms with van der Waals surface area (Å²) in [7, 11) is 0. The van der Waals surface area contributed by atoms with Crippen LogP contribution in [-0.4, -0.2) is 59.1 Å². The molecule has 2 aliphatic heterocycles. The van der Waals surface area contributed by atoms with Crippen LogP contribution in [0.15, 0.2) is 23.3 Å². The molecule has 1 aromatic heterocycles. The Balaban J connectivity index is 1.70. The molecule has 0 spiro atoms. The van der Waals surface area contributed by atoms with Gasteiger partial charge in [-0.3, -0.25) is 0 Å². The number of nitrogens with one attached hydrogen (secondary N) is 1. The summed E-state index contributed by atoms with van der Waals surface area (Å²) >= 11 is 2.05. The van der Waals surface area contributed by atoms with Gasteiger partial charge in [0.25, 0.3) is 0 Å². The molecule has 2 fully saturated rings. The number of pyridine rings is 1. The molecule has 0 amide bonds. The van der Waals surface area contributed by atoms with Crippen LogP contribution in [-0.2, 0) is 6.54 Å². The zero-order chi connectivity index (χ0) is 17.7. The Morgan fingerprint density at radius 1 is 1.32 bits per heavy atom. The number of aliphatic imine (C=N–C) groups is 1. The van der Waals surface area contributed by atoms with Crippen molar-refractivity contribution in [3.8, 4) is 0 Å². The fourth-order valence-corrected chi connectivity index (χ4v) is 4.58. The molecule has 2 aliphatic rings. The van der Waals surface area contributed by atoms with Crippen molar-refractivity contribution in [3.05, 3.63) is 23.9 Å². The van der Waals surface area contributed by atoms with Crippen LogP contribution in [0.1, 0.15) is 39.2 Å². The standard InChI is InChI=1S/C19H31N5S/c1-4-20-18(24-11-12-25-19(2,3)15-24)22-14-16-7-8-21-17(13-16)23-9-5-6-10-23/h7-8,13H,4-6,9-12,14-15H2,1-3H3,(H,20,22). The predicted molar refractivity (Wildman–Crippen MR) is 109 cm³/mol. The predicted octanol–water partition coefficient (Wildman–Crippen LogP) is 2.97. The molecule has 2 saturated heterocycles. The molecule has 1 aromatic rings. The van der Waals surface area contributed by atoms with Crippen molar-refractivity contribution in [1.82, 2.24) is 15.2 Å². The molecule has 0 aliphatic carbocycles. The van der Waals surface area contributed by atoms with Gasteiger partial charge >= 0.3 is 0 Å². The number of thioether (sulfide) groups is 1. The minimum Gasteiger partial charge on any atom is -0.357 e. The Labute approximate surface area is 156 Å². The van der Waals surface area contributed by atoms with Crippen molar-refractivity contribution < 1.29 is 0 Å². The molecule has 5 nitrogen and oxygen atoms in total. The first kappa shape index (κ1) is 18.4. The number of aromatic nitrogens is 1. The Morgan fingerprint density at radius 3 is 2.84 bits per heavy atom. The van der Waals surface area contributed by atoms with E-state index in [0.717, 1.165) is 50.3 Å². The highest BCUT2D eigenvalue weighted by atomic mass is 32.2. The van der Waals surface area contributed by atoms with E-state index in [1.807, 2.05) is 6.20 Å². The first-order valence-corrected chi connectivity index (χ1v) is 10.4. The van der Waals surface area contributed by atoms with Crippen LogP contribution in [0, 0.1) is 0 Å². The van der Waals surface area contributed by atoms with Crippen LogP contribution in [0.5, 0.6) is 0 Å². The van der Waals surface area contributed by atoms with E-state index in [4.69, 9.17) is 4.99 Å². The van der Waals surface area contributed by atoms with Gasteiger partial charge in [-0.1, -0.05) is 0 Å². The third-order valence-corrected chi connectivity index (χ3v) is 6.01. The second-order valence-corrected chi connectivity index (χ2v) is 9.22. The van der Waals surface area contributed by atoms with E-state index in [-0.39, 0.29) is 4.75 Å². The lowest BCUT2D eigenvalue weighted by molar-refractivity contribution is 0.376. The average Bonchev–Trinajstić information content (AvgIpc) is 3.12. The highest BCUT2D eigenvalue weighted by Gasteiger charge is 2.28. The zero-order valence-electron chi connectivity index (χ0n) is 15.8. The molecule has 6 heteroatoms. The van der Waals surface area contributed by atoms with Crippen molar-refractivity contribution >= 4 is 23.5 Å². The number of anilines is 1. The topological polar surface area (TPSA) is 43.8 Å². The summed E-state index contributed by atoms with van der Waals surface area (Å²) in [5, 5.41) is 3.47. The van der Waals surface area contributed by atoms with E-state index in [9.17, 15) is 0 Å². The number of guanidine groups is 1. The number of hydrogen-bond acceptors (Lipinski definition) is 4. The van der Waals surface area contributed by atoms with Crippen molar-refractivity contribution in [2.45, 2.75) is 44.9 Å². The molecular weight excluding hydrogens is 330 g/mol. The summed E-state index contributed by atoms with van der Waals surface area (Å²) in [6.45, 7) is 12.7. The van der Waals surface area contributed by atoms with Gasteiger partial charge in [0.1, 0.15) is 5.82 Å². The third kappa shape index (κ3) is 5.03. The first-order chi connectivity index (χ1) is 12.1. The maximum Gasteiger partial charge on any atom is 0.194 e. The normalized spacial score (nSPS) is 20.8. The van der Waals surface area contributed by atoms with Gasteiger partial charge in [-0.2, -0.15) is 11.8 Å². The van der Waals surface area contributed by atoms with Crippen molar-refractivity contribution in [2.75, 3.05) is 43.4 Å². The second kappa shape index (κ2) is 8.30. The average molecular weight is 362 g/mol. The number of hydrogen-bond donors (Lipinski definition) is 1. The van der Waals surface area contributed by atoms with Gasteiger partial charge in [0.15, 0.2) is 5.96 Å². The van der Waals surface area contributed by atoms with E-state index in [2.05, 4.69) is 64.8 Å². The van der Waals surface area contributed by atoms with E-state index < -0.39 is 0 Å². The van der Waals surface area contributed by atoms with Gasteiger partial charge in [-0.25, -0.2) is 9.98 Å². The Bertz CT molecular complexity index is 595. The Kier molecular flexibility index (Phi) is 6.10. The molecule has 0 aromatic carbocycles. The summed E-state index contributed by atoms with van der Waals surface area (Å²) < 4.78 is 0.286. The second-order valence-electron chi connectivity index (χ2n) is 7.42. The largest absolute Gasteiger partial charge is 0.357 e. The highest BCUT2D eigenvalue weighted by molar-refractivity contribution is 8.00. The number of nitrogens with zero attached hydrogens (tertiary/aromatic N) is 4. The minimum atomic E-state index is 0.286. The van der Waals surface area contributed by atoms with Crippen LogP contribution in [0.4, 0.5) is 5.82 Å². The smallest absolute Gasteiger partial charge is 0.194 e. The van der Waals surface area contributed by atoms with Gasteiger partial charge in [0.05, 0.1) is 6.54 Å². The zero-order valence-corrected chi connectivity index (χ0v) is 16.6. The van der Waals surface area contributed by atoms with Gasteiger partial charge in [-0.15, -0.1) is 0 Å². The summed E-state index contributed by atoms with van der Waals surface area (Å²) in [4.78, 5) is 14.2. The monoisotopic (exact) mass is 361 g/mol. The van der Waals surface area contributed by atoms with Crippen molar-refractivity contribution in [2.24, 2.45) is 4.99 Å². The Hall–Kier alpha value is -1.43. The molecular formula is C19H31N5S. The van der Waals surface area contributed by atoms with Gasteiger partial charge < -0.3 is 15.1 Å². The van der Waals surface area contributed by atoms with Crippen LogP contribution < -0.4 is 10.2 Å². The lowest BCUT2D eigenvalue weighted by Gasteiger charge is -2.39. The van der Waals surface area contributed by atoms with E-state index in [1.54, 1.807) is 0 Å². The summed E-state index contributed by atoms with van der Waals surface area (Å²) in [6, 6.07) is 4.29. The lowest BCUT2D eigenvalue weighted by atomic mass is 10.2. The maximum atomic E-state index is 4.92.